The molecular weight excluding hydrogens is 316 g/mol. The van der Waals surface area contributed by atoms with Crippen molar-refractivity contribution in [2.24, 2.45) is 0 Å². The summed E-state index contributed by atoms with van der Waals surface area (Å²) >= 11 is 0. The molecule has 118 valence electrons. The Balaban J connectivity index is 1.95. The number of nitrogens with zero attached hydrogens (tertiary/aromatic N) is 3. The first-order valence-corrected chi connectivity index (χ1v) is 8.19. The standard InChI is InChI=1S/C15H14N4O3S/c1-22-12-6-8-13(9-7-12)23(20,21)18-14-4-2-3-5-15(14)19-11-16-10-17-19/h2-11,18H,1H3. The van der Waals surface area contributed by atoms with Gasteiger partial charge in [0.05, 0.1) is 23.4 Å². The first-order valence-electron chi connectivity index (χ1n) is 6.71. The first kappa shape index (κ1) is 15.0. The van der Waals surface area contributed by atoms with Crippen molar-refractivity contribution in [3.05, 3.63) is 61.2 Å². The van der Waals surface area contributed by atoms with Crippen molar-refractivity contribution in [3.8, 4) is 11.4 Å². The van der Waals surface area contributed by atoms with Gasteiger partial charge in [-0.05, 0) is 36.4 Å². The number of hydrogen-bond acceptors (Lipinski definition) is 5. The molecular formula is C15H14N4O3S. The maximum Gasteiger partial charge on any atom is 0.261 e. The minimum Gasteiger partial charge on any atom is -0.497 e. The molecule has 0 radical (unpaired) electrons. The number of ether oxygens (including phenoxy) is 1. The largest absolute Gasteiger partial charge is 0.497 e. The Morgan fingerprint density at radius 3 is 2.48 bits per heavy atom. The van der Waals surface area contributed by atoms with Crippen molar-refractivity contribution in [1.82, 2.24) is 14.8 Å². The Kier molecular flexibility index (Phi) is 3.98. The molecule has 0 unspecified atom stereocenters. The molecule has 0 atom stereocenters. The third-order valence-electron chi connectivity index (χ3n) is 3.18. The first-order chi connectivity index (χ1) is 11.1. The van der Waals surface area contributed by atoms with Gasteiger partial charge in [-0.15, -0.1) is 0 Å². The number of methoxy groups -OCH3 is 1. The molecule has 0 bridgehead atoms. The summed E-state index contributed by atoms with van der Waals surface area (Å²) in [5.41, 5.74) is 0.996. The number of hydrogen-bond donors (Lipinski definition) is 1. The summed E-state index contributed by atoms with van der Waals surface area (Å²) in [6, 6.07) is 13.1. The molecule has 0 aliphatic rings. The van der Waals surface area contributed by atoms with E-state index in [0.717, 1.165) is 0 Å². The van der Waals surface area contributed by atoms with Crippen LogP contribution in [0.15, 0.2) is 66.1 Å². The molecule has 23 heavy (non-hydrogen) atoms. The Bertz CT molecular complexity index is 891. The summed E-state index contributed by atoms with van der Waals surface area (Å²) < 4.78 is 34.1. The van der Waals surface area contributed by atoms with Gasteiger partial charge in [-0.2, -0.15) is 5.10 Å². The summed E-state index contributed by atoms with van der Waals surface area (Å²) in [5.74, 6) is 0.590. The lowest BCUT2D eigenvalue weighted by atomic mass is 10.3. The molecule has 7 nitrogen and oxygen atoms in total. The second-order valence-corrected chi connectivity index (χ2v) is 6.32. The highest BCUT2D eigenvalue weighted by Gasteiger charge is 2.16. The maximum atomic E-state index is 12.5. The van der Waals surface area contributed by atoms with Crippen LogP contribution >= 0.6 is 0 Å². The van der Waals surface area contributed by atoms with E-state index in [9.17, 15) is 8.42 Å². The van der Waals surface area contributed by atoms with Crippen molar-refractivity contribution in [2.45, 2.75) is 4.90 Å². The number of anilines is 1. The molecule has 1 N–H and O–H groups in total. The van der Waals surface area contributed by atoms with Gasteiger partial charge in [0.25, 0.3) is 10.0 Å². The number of benzene rings is 2. The van der Waals surface area contributed by atoms with Gasteiger partial charge in [-0.1, -0.05) is 12.1 Å². The number of rotatable bonds is 5. The van der Waals surface area contributed by atoms with E-state index < -0.39 is 10.0 Å². The molecule has 8 heteroatoms. The summed E-state index contributed by atoms with van der Waals surface area (Å²) in [4.78, 5) is 4.02. The topological polar surface area (TPSA) is 86.1 Å². The van der Waals surface area contributed by atoms with E-state index in [1.807, 2.05) is 0 Å². The molecule has 0 aliphatic heterocycles. The fraction of sp³-hybridized carbons (Fsp3) is 0.0667. The van der Waals surface area contributed by atoms with Gasteiger partial charge in [0.15, 0.2) is 0 Å². The molecule has 0 saturated carbocycles. The van der Waals surface area contributed by atoms with Crippen molar-refractivity contribution in [1.29, 1.82) is 0 Å². The minimum absolute atomic E-state index is 0.145. The Morgan fingerprint density at radius 2 is 1.83 bits per heavy atom. The summed E-state index contributed by atoms with van der Waals surface area (Å²) in [6.45, 7) is 0. The van der Waals surface area contributed by atoms with Gasteiger partial charge in [-0.3, -0.25) is 4.72 Å². The normalized spacial score (nSPS) is 11.2. The van der Waals surface area contributed by atoms with E-state index in [4.69, 9.17) is 4.74 Å². The van der Waals surface area contributed by atoms with Crippen LogP contribution in [0.4, 0.5) is 5.69 Å². The van der Waals surface area contributed by atoms with Crippen LogP contribution in [0.3, 0.4) is 0 Å². The Morgan fingerprint density at radius 1 is 1.09 bits per heavy atom. The SMILES string of the molecule is COc1ccc(S(=O)(=O)Nc2ccccc2-n2cncn2)cc1. The molecule has 3 rings (SSSR count). The van der Waals surface area contributed by atoms with E-state index >= 15 is 0 Å². The fourth-order valence-corrected chi connectivity index (χ4v) is 3.13. The molecule has 1 aromatic heterocycles. The molecule has 0 amide bonds. The van der Waals surface area contributed by atoms with Crippen molar-refractivity contribution in [3.63, 3.8) is 0 Å². The molecule has 0 aliphatic carbocycles. The van der Waals surface area contributed by atoms with Crippen LogP contribution in [0.2, 0.25) is 0 Å². The Hall–Kier alpha value is -2.87. The highest BCUT2D eigenvalue weighted by Crippen LogP contribution is 2.23. The average molecular weight is 330 g/mol. The van der Waals surface area contributed by atoms with E-state index in [1.165, 1.54) is 36.6 Å². The molecule has 2 aromatic carbocycles. The number of aromatic nitrogens is 3. The van der Waals surface area contributed by atoms with Gasteiger partial charge in [0.2, 0.25) is 0 Å². The molecule has 0 fully saturated rings. The lowest BCUT2D eigenvalue weighted by Crippen LogP contribution is -2.14. The van der Waals surface area contributed by atoms with E-state index in [-0.39, 0.29) is 4.90 Å². The third kappa shape index (κ3) is 3.16. The van der Waals surface area contributed by atoms with Gasteiger partial charge in [-0.25, -0.2) is 18.1 Å². The van der Waals surface area contributed by atoms with Crippen LogP contribution in [0.5, 0.6) is 5.75 Å². The summed E-state index contributed by atoms with van der Waals surface area (Å²) in [5, 5.41) is 4.03. The van der Waals surface area contributed by atoms with Crippen LogP contribution < -0.4 is 9.46 Å². The van der Waals surface area contributed by atoms with Crippen molar-refractivity contribution in [2.75, 3.05) is 11.8 Å². The van der Waals surface area contributed by atoms with Crippen LogP contribution in [0.25, 0.3) is 5.69 Å². The predicted molar refractivity (Wildman–Crippen MR) is 85.2 cm³/mol. The predicted octanol–water partition coefficient (Wildman–Crippen LogP) is 2.08. The Labute approximate surface area is 133 Å². The van der Waals surface area contributed by atoms with E-state index in [1.54, 1.807) is 36.4 Å². The average Bonchev–Trinajstić information content (AvgIpc) is 3.09. The second-order valence-electron chi connectivity index (χ2n) is 4.64. The lowest BCUT2D eigenvalue weighted by Gasteiger charge is -2.12. The van der Waals surface area contributed by atoms with Crippen molar-refractivity contribution < 1.29 is 13.2 Å². The van der Waals surface area contributed by atoms with Crippen LogP contribution in [0.1, 0.15) is 0 Å². The van der Waals surface area contributed by atoms with Gasteiger partial charge >= 0.3 is 0 Å². The van der Waals surface area contributed by atoms with Crippen LogP contribution in [-0.4, -0.2) is 30.3 Å². The zero-order chi connectivity index (χ0) is 16.3. The van der Waals surface area contributed by atoms with E-state index in [0.29, 0.717) is 17.1 Å². The zero-order valence-electron chi connectivity index (χ0n) is 12.2. The molecule has 1 heterocycles. The van der Waals surface area contributed by atoms with Crippen LogP contribution in [-0.2, 0) is 10.0 Å². The van der Waals surface area contributed by atoms with Gasteiger partial charge in [0.1, 0.15) is 18.4 Å². The molecule has 3 aromatic rings. The van der Waals surface area contributed by atoms with Crippen molar-refractivity contribution >= 4 is 15.7 Å². The highest BCUT2D eigenvalue weighted by atomic mass is 32.2. The smallest absolute Gasteiger partial charge is 0.261 e. The van der Waals surface area contributed by atoms with Gasteiger partial charge in [0, 0.05) is 0 Å². The quantitative estimate of drug-likeness (QED) is 0.774. The summed E-state index contributed by atoms with van der Waals surface area (Å²) in [7, 11) is -2.20. The minimum atomic E-state index is -3.72. The number of para-hydroxylation sites is 2. The zero-order valence-corrected chi connectivity index (χ0v) is 13.1. The monoisotopic (exact) mass is 330 g/mol. The lowest BCUT2D eigenvalue weighted by molar-refractivity contribution is 0.414. The van der Waals surface area contributed by atoms with E-state index in [2.05, 4.69) is 14.8 Å². The fourth-order valence-electron chi connectivity index (χ4n) is 2.05. The molecule has 0 spiro atoms. The van der Waals surface area contributed by atoms with Gasteiger partial charge < -0.3 is 4.74 Å². The summed E-state index contributed by atoms with van der Waals surface area (Å²) in [6.07, 6.45) is 2.88. The number of nitrogens with one attached hydrogen (secondary N) is 1. The maximum absolute atomic E-state index is 12.5. The van der Waals surface area contributed by atoms with Crippen LogP contribution in [0, 0.1) is 0 Å². The second kappa shape index (κ2) is 6.09. The molecule has 0 saturated heterocycles. The third-order valence-corrected chi connectivity index (χ3v) is 4.57. The number of sulfonamides is 1. The highest BCUT2D eigenvalue weighted by molar-refractivity contribution is 7.92.